The fourth-order valence-electron chi connectivity index (χ4n) is 2.10. The number of carbonyl (C=O) groups excluding carboxylic acids is 2. The van der Waals surface area contributed by atoms with E-state index in [1.165, 1.54) is 5.56 Å². The summed E-state index contributed by atoms with van der Waals surface area (Å²) in [6, 6.07) is 7.31. The van der Waals surface area contributed by atoms with Gasteiger partial charge in [-0.25, -0.2) is 0 Å². The topological polar surface area (TPSA) is 54.4 Å². The van der Waals surface area contributed by atoms with Crippen LogP contribution in [0.4, 0.5) is 0 Å². The second kappa shape index (κ2) is 8.64. The molecule has 3 nitrogen and oxygen atoms in total. The first-order valence-corrected chi connectivity index (χ1v) is 7.41. The van der Waals surface area contributed by atoms with Crippen LogP contribution in [-0.4, -0.2) is 22.8 Å². The van der Waals surface area contributed by atoms with Crippen molar-refractivity contribution in [3.8, 4) is 0 Å². The van der Waals surface area contributed by atoms with Gasteiger partial charge in [0.15, 0.2) is 5.78 Å². The first-order chi connectivity index (χ1) is 9.58. The molecule has 0 amide bonds. The molecule has 0 saturated heterocycles. The van der Waals surface area contributed by atoms with Gasteiger partial charge in [0.1, 0.15) is 11.9 Å². The smallest absolute Gasteiger partial charge is 0.191 e. The molecule has 0 saturated carbocycles. The zero-order valence-electron chi connectivity index (χ0n) is 12.4. The molecule has 3 heteroatoms. The molecule has 0 aliphatic rings. The standard InChI is InChI=1S/C17H24O3/c1-3-5-7-13-8-10-14(11-9-13)17(20)16(19)12-15(18)6-4-2/h8-11,16,19H,3-7,12H2,1-2H3. The Hall–Kier alpha value is -1.48. The summed E-state index contributed by atoms with van der Waals surface area (Å²) in [5, 5.41) is 9.81. The highest BCUT2D eigenvalue weighted by atomic mass is 16.3. The number of rotatable bonds is 9. The molecule has 0 radical (unpaired) electrons. The summed E-state index contributed by atoms with van der Waals surface area (Å²) in [6.45, 7) is 4.04. The molecule has 0 aliphatic carbocycles. The molecule has 0 aromatic heterocycles. The summed E-state index contributed by atoms with van der Waals surface area (Å²) in [4.78, 5) is 23.5. The lowest BCUT2D eigenvalue weighted by Gasteiger charge is -2.09. The monoisotopic (exact) mass is 276 g/mol. The van der Waals surface area contributed by atoms with Crippen LogP contribution >= 0.6 is 0 Å². The number of Topliss-reactive ketones (excluding diaryl/α,β-unsaturated/α-hetero) is 2. The van der Waals surface area contributed by atoms with E-state index in [2.05, 4.69) is 6.92 Å². The highest BCUT2D eigenvalue weighted by Crippen LogP contribution is 2.12. The largest absolute Gasteiger partial charge is 0.384 e. The van der Waals surface area contributed by atoms with E-state index in [4.69, 9.17) is 0 Å². The fourth-order valence-corrected chi connectivity index (χ4v) is 2.10. The van der Waals surface area contributed by atoms with Gasteiger partial charge in [-0.15, -0.1) is 0 Å². The molecule has 1 aromatic rings. The minimum atomic E-state index is -1.21. The first kappa shape index (κ1) is 16.6. The molecule has 0 fully saturated rings. The fraction of sp³-hybridized carbons (Fsp3) is 0.529. The number of carbonyl (C=O) groups is 2. The Morgan fingerprint density at radius 1 is 1.10 bits per heavy atom. The number of benzene rings is 1. The van der Waals surface area contributed by atoms with Gasteiger partial charge in [-0.05, 0) is 24.8 Å². The molecular weight excluding hydrogens is 252 g/mol. The predicted molar refractivity (Wildman–Crippen MR) is 79.9 cm³/mol. The Labute approximate surface area is 121 Å². The van der Waals surface area contributed by atoms with Gasteiger partial charge in [-0.2, -0.15) is 0 Å². The summed E-state index contributed by atoms with van der Waals surface area (Å²) in [6.07, 6.45) is 3.13. The Morgan fingerprint density at radius 2 is 1.75 bits per heavy atom. The van der Waals surface area contributed by atoms with E-state index < -0.39 is 6.10 Å². The molecule has 110 valence electrons. The predicted octanol–water partition coefficient (Wildman–Crippen LogP) is 3.33. The quantitative estimate of drug-likeness (QED) is 0.704. The van der Waals surface area contributed by atoms with Crippen molar-refractivity contribution in [2.45, 2.75) is 58.5 Å². The number of hydrogen-bond acceptors (Lipinski definition) is 3. The summed E-state index contributed by atoms with van der Waals surface area (Å²) in [7, 11) is 0. The van der Waals surface area contributed by atoms with Crippen molar-refractivity contribution < 1.29 is 14.7 Å². The van der Waals surface area contributed by atoms with Crippen molar-refractivity contribution in [2.24, 2.45) is 0 Å². The molecule has 0 aliphatic heterocycles. The minimum Gasteiger partial charge on any atom is -0.384 e. The third kappa shape index (κ3) is 5.25. The first-order valence-electron chi connectivity index (χ1n) is 7.41. The van der Waals surface area contributed by atoms with Crippen LogP contribution in [0.3, 0.4) is 0 Å². The van der Waals surface area contributed by atoms with E-state index >= 15 is 0 Å². The van der Waals surface area contributed by atoms with E-state index in [9.17, 15) is 14.7 Å². The third-order valence-corrected chi connectivity index (χ3v) is 3.31. The van der Waals surface area contributed by atoms with Gasteiger partial charge in [0.05, 0.1) is 0 Å². The third-order valence-electron chi connectivity index (χ3n) is 3.31. The number of unbranched alkanes of at least 4 members (excludes halogenated alkanes) is 1. The van der Waals surface area contributed by atoms with Gasteiger partial charge < -0.3 is 5.11 Å². The molecule has 0 bridgehead atoms. The summed E-state index contributed by atoms with van der Waals surface area (Å²) >= 11 is 0. The number of aryl methyl sites for hydroxylation is 1. The molecule has 1 N–H and O–H groups in total. The number of aliphatic hydroxyl groups excluding tert-OH is 1. The SMILES string of the molecule is CCCCc1ccc(C(=O)C(O)CC(=O)CCC)cc1. The highest BCUT2D eigenvalue weighted by Gasteiger charge is 2.19. The van der Waals surface area contributed by atoms with Crippen LogP contribution in [-0.2, 0) is 11.2 Å². The van der Waals surface area contributed by atoms with Gasteiger partial charge in [0.2, 0.25) is 0 Å². The van der Waals surface area contributed by atoms with E-state index in [1.54, 1.807) is 12.1 Å². The van der Waals surface area contributed by atoms with Crippen molar-refractivity contribution in [1.82, 2.24) is 0 Å². The van der Waals surface area contributed by atoms with Crippen molar-refractivity contribution in [2.75, 3.05) is 0 Å². The van der Waals surface area contributed by atoms with E-state index in [0.717, 1.165) is 25.7 Å². The van der Waals surface area contributed by atoms with Gasteiger partial charge in [-0.1, -0.05) is 44.5 Å². The van der Waals surface area contributed by atoms with Gasteiger partial charge in [-0.3, -0.25) is 9.59 Å². The minimum absolute atomic E-state index is 0.0621. The van der Waals surface area contributed by atoms with E-state index in [1.807, 2.05) is 19.1 Å². The maximum atomic E-state index is 12.0. The van der Waals surface area contributed by atoms with Crippen LogP contribution in [0, 0.1) is 0 Å². The van der Waals surface area contributed by atoms with Crippen LogP contribution in [0.15, 0.2) is 24.3 Å². The lowest BCUT2D eigenvalue weighted by Crippen LogP contribution is -2.23. The van der Waals surface area contributed by atoms with Crippen LogP contribution in [0.2, 0.25) is 0 Å². The van der Waals surface area contributed by atoms with Gasteiger partial charge in [0, 0.05) is 18.4 Å². The van der Waals surface area contributed by atoms with Crippen LogP contribution in [0.5, 0.6) is 0 Å². The zero-order chi connectivity index (χ0) is 15.0. The highest BCUT2D eigenvalue weighted by molar-refractivity contribution is 6.01. The lowest BCUT2D eigenvalue weighted by atomic mass is 9.99. The Kier molecular flexibility index (Phi) is 7.16. The Morgan fingerprint density at radius 3 is 2.30 bits per heavy atom. The summed E-state index contributed by atoms with van der Waals surface area (Å²) < 4.78 is 0. The maximum Gasteiger partial charge on any atom is 0.191 e. The Balaban J connectivity index is 2.60. The molecule has 1 atom stereocenters. The van der Waals surface area contributed by atoms with E-state index in [-0.39, 0.29) is 18.0 Å². The number of ketones is 2. The second-order valence-electron chi connectivity index (χ2n) is 5.17. The van der Waals surface area contributed by atoms with Gasteiger partial charge >= 0.3 is 0 Å². The average Bonchev–Trinajstić information content (AvgIpc) is 2.45. The molecule has 0 spiro atoms. The number of aliphatic hydroxyl groups is 1. The lowest BCUT2D eigenvalue weighted by molar-refractivity contribution is -0.120. The molecule has 1 unspecified atom stereocenters. The van der Waals surface area contributed by atoms with Crippen LogP contribution < -0.4 is 0 Å². The number of hydrogen-bond donors (Lipinski definition) is 1. The zero-order valence-corrected chi connectivity index (χ0v) is 12.4. The molecular formula is C17H24O3. The molecule has 20 heavy (non-hydrogen) atoms. The van der Waals surface area contributed by atoms with Crippen molar-refractivity contribution in [3.63, 3.8) is 0 Å². The van der Waals surface area contributed by atoms with E-state index in [0.29, 0.717) is 12.0 Å². The molecule has 0 heterocycles. The Bertz CT molecular complexity index is 434. The molecule has 1 rings (SSSR count). The second-order valence-corrected chi connectivity index (χ2v) is 5.17. The van der Waals surface area contributed by atoms with Crippen molar-refractivity contribution >= 4 is 11.6 Å². The summed E-state index contributed by atoms with van der Waals surface area (Å²) in [5.41, 5.74) is 1.67. The van der Waals surface area contributed by atoms with Gasteiger partial charge in [0.25, 0.3) is 0 Å². The maximum absolute atomic E-state index is 12.0. The van der Waals surface area contributed by atoms with Crippen LogP contribution in [0.1, 0.15) is 61.9 Å². The average molecular weight is 276 g/mol. The van der Waals surface area contributed by atoms with Crippen molar-refractivity contribution in [3.05, 3.63) is 35.4 Å². The normalized spacial score (nSPS) is 12.2. The van der Waals surface area contributed by atoms with Crippen molar-refractivity contribution in [1.29, 1.82) is 0 Å². The summed E-state index contributed by atoms with van der Waals surface area (Å²) in [5.74, 6) is -0.426. The van der Waals surface area contributed by atoms with Crippen LogP contribution in [0.25, 0.3) is 0 Å². The molecule has 1 aromatic carbocycles.